The highest BCUT2D eigenvalue weighted by Gasteiger charge is 2.52. The Hall–Kier alpha value is -0.410. The van der Waals surface area contributed by atoms with Gasteiger partial charge in [-0.1, -0.05) is 111 Å². The number of rotatable bonds is 30. The van der Waals surface area contributed by atoms with Crippen LogP contribution in [-0.4, -0.2) is 173 Å². The van der Waals surface area contributed by atoms with Crippen molar-refractivity contribution in [2.75, 3.05) is 59.8 Å². The summed E-state index contributed by atoms with van der Waals surface area (Å²) in [4.78, 5) is 12.7. The van der Waals surface area contributed by atoms with E-state index in [1.54, 1.807) is 0 Å². The minimum absolute atomic E-state index is 0.0970. The first-order chi connectivity index (χ1) is 26.8. The van der Waals surface area contributed by atoms with E-state index in [-0.39, 0.29) is 6.61 Å². The Kier molecular flexibility index (Phi) is 30.1. The topological polar surface area (TPSA) is 247 Å². The number of ether oxygens (including phenoxy) is 5. The average molecular weight is 836 g/mol. The summed E-state index contributed by atoms with van der Waals surface area (Å²) >= 11 is 0. The molecule has 0 saturated carbocycles. The molecular weight excluding hydrogens is 757 g/mol. The van der Waals surface area contributed by atoms with E-state index in [2.05, 4.69) is 32.6 Å². The number of phosphoric acid groups is 1. The van der Waals surface area contributed by atoms with Gasteiger partial charge in [0, 0.05) is 13.7 Å². The zero-order chi connectivity index (χ0) is 41.9. The third-order valence-corrected chi connectivity index (χ3v) is 11.2. The lowest BCUT2D eigenvalue weighted by atomic mass is 9.97. The van der Waals surface area contributed by atoms with Gasteiger partial charge in [0.25, 0.3) is 0 Å². The van der Waals surface area contributed by atoms with E-state index >= 15 is 0 Å². The zero-order valence-electron chi connectivity index (χ0n) is 34.6. The summed E-state index contributed by atoms with van der Waals surface area (Å²) in [7, 11) is -3.52. The molecule has 0 radical (unpaired) electrons. The smallest absolute Gasteiger partial charge is 0.394 e. The van der Waals surface area contributed by atoms with Crippen LogP contribution in [0.1, 0.15) is 118 Å². The number of hydrogen-bond donors (Lipinski definition) is 8. The summed E-state index contributed by atoms with van der Waals surface area (Å²) < 4.78 is 49.6. The van der Waals surface area contributed by atoms with Crippen molar-refractivity contribution in [3.8, 4) is 0 Å². The van der Waals surface area contributed by atoms with Crippen LogP contribution in [0, 0.1) is 0 Å². The Morgan fingerprint density at radius 1 is 0.625 bits per heavy atom. The van der Waals surface area contributed by atoms with Crippen molar-refractivity contribution in [2.45, 2.75) is 185 Å². The summed E-state index contributed by atoms with van der Waals surface area (Å²) in [6.45, 7) is 11.0. The Bertz CT molecular complexity index is 977. The second-order valence-corrected chi connectivity index (χ2v) is 15.9. The molecule has 0 aromatic rings. The number of hydrogen-bond acceptors (Lipinski definition) is 16. The number of aliphatic hydroxyl groups excluding tert-OH is 7. The van der Waals surface area contributed by atoms with Crippen LogP contribution in [0.5, 0.6) is 0 Å². The van der Waals surface area contributed by atoms with E-state index in [9.17, 15) is 45.2 Å². The average Bonchev–Trinajstić information content (AvgIpc) is 3.19. The minimum atomic E-state index is -4.90. The second-order valence-electron chi connectivity index (χ2n) is 14.5. The molecule has 2 aliphatic rings. The molecule has 2 rings (SSSR count). The summed E-state index contributed by atoms with van der Waals surface area (Å²) in [5, 5.41) is 70.7. The lowest BCUT2D eigenvalue weighted by Gasteiger charge is -2.45. The molecule has 0 aliphatic carbocycles. The highest BCUT2D eigenvalue weighted by atomic mass is 31.2. The van der Waals surface area contributed by atoms with Crippen molar-refractivity contribution in [3.63, 3.8) is 0 Å². The minimum Gasteiger partial charge on any atom is -0.394 e. The van der Waals surface area contributed by atoms with Gasteiger partial charge in [-0.15, -0.1) is 0 Å². The van der Waals surface area contributed by atoms with E-state index in [4.69, 9.17) is 32.7 Å². The van der Waals surface area contributed by atoms with Crippen LogP contribution in [0.15, 0.2) is 0 Å². The maximum absolute atomic E-state index is 12.7. The first-order valence-electron chi connectivity index (χ1n) is 20.9. The van der Waals surface area contributed by atoms with Gasteiger partial charge in [-0.25, -0.2) is 4.57 Å². The molecule has 2 fully saturated rings. The molecule has 8 N–H and O–H groups in total. The van der Waals surface area contributed by atoms with E-state index in [1.807, 2.05) is 0 Å². The number of phosphoric ester groups is 1. The van der Waals surface area contributed by atoms with Crippen LogP contribution in [0.4, 0.5) is 0 Å². The Morgan fingerprint density at radius 3 is 1.57 bits per heavy atom. The quantitative estimate of drug-likeness (QED) is 0.0383. The highest BCUT2D eigenvalue weighted by molar-refractivity contribution is 7.47. The number of aliphatic hydroxyl groups is 7. The molecule has 18 heteroatoms. The van der Waals surface area contributed by atoms with Gasteiger partial charge < -0.3 is 69.2 Å². The molecule has 336 valence electrons. The van der Waals surface area contributed by atoms with Gasteiger partial charge in [-0.05, 0) is 26.1 Å². The maximum atomic E-state index is 12.7. The molecule has 0 aromatic carbocycles. The molecule has 17 nitrogen and oxygen atoms in total. The molecule has 2 saturated heterocycles. The molecule has 0 amide bonds. The lowest BCUT2D eigenvalue weighted by Crippen LogP contribution is -2.64. The summed E-state index contributed by atoms with van der Waals surface area (Å²) in [5.74, 6) is 0. The van der Waals surface area contributed by atoms with Gasteiger partial charge in [0.15, 0.2) is 12.6 Å². The van der Waals surface area contributed by atoms with Crippen LogP contribution in [-0.2, 0) is 37.3 Å². The first kappa shape index (κ1) is 53.6. The molecule has 2 unspecified atom stereocenters. The highest BCUT2D eigenvalue weighted by Crippen LogP contribution is 2.47. The standard InChI is InChI=1S/C32H63O16P.C6H15N/c1-3-4-5-6-7-8-9-10-11-12-13-14-15-16-17-43-20-22(42-2)21-44-49(40,41)48-32-29(39)27(37)30(24(19-34)46-32)47-31-28(38)26(36)25(35)23(18-33)45-31;1-4-7(5-2)6-3/h22-39H,3-21H2,1-2H3,(H,40,41);4-6H2,1-3H3/t22?,23-,24-,25-,26+,27-,28-,29-,30-,31-,32-;/m1./s1. The third-order valence-electron chi connectivity index (χ3n) is 10.2. The number of nitrogens with zero attached hydrogens (tertiary/aromatic N) is 1. The Labute approximate surface area is 335 Å². The van der Waals surface area contributed by atoms with Crippen molar-refractivity contribution < 1.29 is 77.9 Å². The second kappa shape index (κ2) is 31.5. The van der Waals surface area contributed by atoms with Crippen molar-refractivity contribution in [1.29, 1.82) is 0 Å². The van der Waals surface area contributed by atoms with Crippen molar-refractivity contribution in [2.24, 2.45) is 0 Å². The van der Waals surface area contributed by atoms with Crippen LogP contribution < -0.4 is 0 Å². The molecular formula is C38H78NO16P. The van der Waals surface area contributed by atoms with Crippen LogP contribution in [0.3, 0.4) is 0 Å². The molecule has 0 aromatic heterocycles. The van der Waals surface area contributed by atoms with E-state index in [0.717, 1.165) is 19.3 Å². The molecule has 56 heavy (non-hydrogen) atoms. The predicted molar refractivity (Wildman–Crippen MR) is 209 cm³/mol. The van der Waals surface area contributed by atoms with Gasteiger partial charge in [0.05, 0.1) is 26.4 Å². The SMILES string of the molecule is CCCCCCCCCCCCCCCCOCC(COP(=O)(O)O[C@H]1O[C@H](CO)[C@@H](O[C@H]2O[C@H](CO)[C@@H](O)[C@H](O)[C@H]2O)[C@H](O)[C@H]1O)OC.CCN(CC)CC. The van der Waals surface area contributed by atoms with Crippen LogP contribution >= 0.6 is 7.82 Å². The van der Waals surface area contributed by atoms with E-state index in [1.165, 1.54) is 97.4 Å². The first-order valence-corrected chi connectivity index (χ1v) is 22.4. The van der Waals surface area contributed by atoms with Crippen LogP contribution in [0.2, 0.25) is 0 Å². The Morgan fingerprint density at radius 2 is 1.11 bits per heavy atom. The Balaban J connectivity index is 0.00000203. The number of methoxy groups -OCH3 is 1. The van der Waals surface area contributed by atoms with Crippen LogP contribution in [0.25, 0.3) is 0 Å². The molecule has 2 heterocycles. The molecule has 0 spiro atoms. The number of unbranched alkanes of at least 4 members (excludes halogenated alkanes) is 13. The van der Waals surface area contributed by atoms with Crippen molar-refractivity contribution >= 4 is 7.82 Å². The molecule has 2 aliphatic heterocycles. The third kappa shape index (κ3) is 20.7. The fourth-order valence-electron chi connectivity index (χ4n) is 6.45. The normalized spacial score (nSPS) is 29.8. The monoisotopic (exact) mass is 836 g/mol. The predicted octanol–water partition coefficient (Wildman–Crippen LogP) is 2.61. The van der Waals surface area contributed by atoms with Crippen molar-refractivity contribution in [3.05, 3.63) is 0 Å². The fraction of sp³-hybridized carbons (Fsp3) is 1.00. The van der Waals surface area contributed by atoms with Gasteiger partial charge >= 0.3 is 7.82 Å². The van der Waals surface area contributed by atoms with Crippen molar-refractivity contribution in [1.82, 2.24) is 4.90 Å². The molecule has 0 bridgehead atoms. The lowest BCUT2D eigenvalue weighted by molar-refractivity contribution is -0.353. The van der Waals surface area contributed by atoms with Gasteiger partial charge in [-0.2, -0.15) is 0 Å². The summed E-state index contributed by atoms with van der Waals surface area (Å²) in [6.07, 6.45) is -0.453. The summed E-state index contributed by atoms with van der Waals surface area (Å²) in [6, 6.07) is 0. The zero-order valence-corrected chi connectivity index (χ0v) is 35.5. The van der Waals surface area contributed by atoms with E-state index in [0.29, 0.717) is 6.61 Å². The van der Waals surface area contributed by atoms with Gasteiger partial charge in [0.2, 0.25) is 0 Å². The van der Waals surface area contributed by atoms with E-state index < -0.39 is 95.2 Å². The molecule has 12 atom stereocenters. The fourth-order valence-corrected chi connectivity index (χ4v) is 7.30. The largest absolute Gasteiger partial charge is 0.474 e. The van der Waals surface area contributed by atoms with Gasteiger partial charge in [0.1, 0.15) is 54.9 Å². The van der Waals surface area contributed by atoms with Gasteiger partial charge in [-0.3, -0.25) is 9.05 Å². The summed E-state index contributed by atoms with van der Waals surface area (Å²) in [5.41, 5.74) is 0. The maximum Gasteiger partial charge on any atom is 0.474 e.